The van der Waals surface area contributed by atoms with E-state index >= 15 is 0 Å². The van der Waals surface area contributed by atoms with Crippen LogP contribution in [0.25, 0.3) is 0 Å². The fourth-order valence-corrected chi connectivity index (χ4v) is 1.24. The van der Waals surface area contributed by atoms with Crippen LogP contribution < -0.4 is 5.32 Å². The molecule has 0 spiro atoms. The third-order valence-corrected chi connectivity index (χ3v) is 2.20. The molecule has 0 fully saturated rings. The number of ether oxygens (including phenoxy) is 1. The second-order valence-corrected chi connectivity index (χ2v) is 3.74. The number of oxazole rings is 1. The van der Waals surface area contributed by atoms with Gasteiger partial charge in [-0.2, -0.15) is 0 Å². The summed E-state index contributed by atoms with van der Waals surface area (Å²) in [5, 5.41) is 3.09. The fraction of sp³-hybridized carbons (Fsp3) is 0.500. The van der Waals surface area contributed by atoms with Gasteiger partial charge in [0.25, 0.3) is 0 Å². The van der Waals surface area contributed by atoms with Gasteiger partial charge < -0.3 is 14.5 Å². The summed E-state index contributed by atoms with van der Waals surface area (Å²) >= 11 is 0. The van der Waals surface area contributed by atoms with Crippen LogP contribution in [0.3, 0.4) is 0 Å². The molecule has 0 saturated carbocycles. The smallest absolute Gasteiger partial charge is 0.334 e. The maximum Gasteiger partial charge on any atom is 0.334 e. The van der Waals surface area contributed by atoms with Gasteiger partial charge in [-0.15, -0.1) is 0 Å². The Morgan fingerprint density at radius 1 is 1.71 bits per heavy atom. The molecule has 0 aromatic carbocycles. The lowest BCUT2D eigenvalue weighted by molar-refractivity contribution is -0.138. The van der Waals surface area contributed by atoms with E-state index in [9.17, 15) is 4.79 Å². The Bertz CT molecular complexity index is 398. The van der Waals surface area contributed by atoms with E-state index in [1.54, 1.807) is 13.1 Å². The van der Waals surface area contributed by atoms with Crippen molar-refractivity contribution in [1.82, 2.24) is 10.3 Å². The fourth-order valence-electron chi connectivity index (χ4n) is 1.24. The molecule has 17 heavy (non-hydrogen) atoms. The van der Waals surface area contributed by atoms with Crippen LogP contribution in [0.1, 0.15) is 31.5 Å². The number of aryl methyl sites for hydroxylation is 1. The molecule has 0 radical (unpaired) electrons. The van der Waals surface area contributed by atoms with E-state index in [0.717, 1.165) is 5.76 Å². The summed E-state index contributed by atoms with van der Waals surface area (Å²) in [7, 11) is 0. The van der Waals surface area contributed by atoms with Crippen molar-refractivity contribution in [2.45, 2.75) is 26.8 Å². The van der Waals surface area contributed by atoms with Gasteiger partial charge in [0.1, 0.15) is 5.76 Å². The first-order valence-electron chi connectivity index (χ1n) is 5.55. The number of carbonyl (C=O) groups excluding carboxylic acids is 1. The quantitative estimate of drug-likeness (QED) is 0.604. The van der Waals surface area contributed by atoms with Gasteiger partial charge in [-0.1, -0.05) is 6.58 Å². The Balaban J connectivity index is 2.40. The Morgan fingerprint density at radius 2 is 2.41 bits per heavy atom. The summed E-state index contributed by atoms with van der Waals surface area (Å²) in [5.41, 5.74) is 0.391. The van der Waals surface area contributed by atoms with Crippen LogP contribution in [0.4, 0.5) is 0 Å². The largest absolute Gasteiger partial charge is 0.463 e. The number of nitrogens with one attached hydrogen (secondary N) is 1. The van der Waals surface area contributed by atoms with Crippen LogP contribution >= 0.6 is 0 Å². The van der Waals surface area contributed by atoms with E-state index in [2.05, 4.69) is 16.9 Å². The van der Waals surface area contributed by atoms with E-state index < -0.39 is 0 Å². The Morgan fingerprint density at radius 3 is 2.94 bits per heavy atom. The number of rotatable bonds is 6. The minimum Gasteiger partial charge on any atom is -0.463 e. The summed E-state index contributed by atoms with van der Waals surface area (Å²) < 4.78 is 10.2. The summed E-state index contributed by atoms with van der Waals surface area (Å²) in [6.45, 7) is 9.86. The highest BCUT2D eigenvalue weighted by Gasteiger charge is 2.13. The molecule has 0 bridgehead atoms. The first-order chi connectivity index (χ1) is 8.04. The molecule has 1 unspecified atom stereocenters. The normalized spacial score (nSPS) is 12.2. The van der Waals surface area contributed by atoms with Crippen LogP contribution in [0, 0.1) is 6.92 Å². The number of aromatic nitrogens is 1. The van der Waals surface area contributed by atoms with Crippen molar-refractivity contribution in [2.75, 3.05) is 13.2 Å². The molecular formula is C12H18N2O3. The van der Waals surface area contributed by atoms with Gasteiger partial charge in [0.2, 0.25) is 5.89 Å². The lowest BCUT2D eigenvalue weighted by Gasteiger charge is -2.11. The maximum atomic E-state index is 11.3. The van der Waals surface area contributed by atoms with Crippen LogP contribution in [-0.2, 0) is 9.53 Å². The zero-order valence-electron chi connectivity index (χ0n) is 10.4. The molecule has 1 rings (SSSR count). The number of hydrogen-bond donors (Lipinski definition) is 1. The Kier molecular flexibility index (Phi) is 4.90. The summed E-state index contributed by atoms with van der Waals surface area (Å²) in [4.78, 5) is 15.4. The van der Waals surface area contributed by atoms with Gasteiger partial charge in [-0.25, -0.2) is 9.78 Å². The molecule has 1 heterocycles. The van der Waals surface area contributed by atoms with Crippen molar-refractivity contribution in [3.8, 4) is 0 Å². The molecule has 0 amide bonds. The van der Waals surface area contributed by atoms with E-state index in [1.165, 1.54) is 0 Å². The van der Waals surface area contributed by atoms with Gasteiger partial charge in [0.05, 0.1) is 18.8 Å². The van der Waals surface area contributed by atoms with Crippen LogP contribution in [0.15, 0.2) is 22.8 Å². The highest BCUT2D eigenvalue weighted by atomic mass is 16.5. The molecule has 5 nitrogen and oxygen atoms in total. The molecule has 0 aliphatic carbocycles. The summed E-state index contributed by atoms with van der Waals surface area (Å²) in [6.07, 6.45) is 1.66. The van der Waals surface area contributed by atoms with E-state index in [0.29, 0.717) is 24.6 Å². The van der Waals surface area contributed by atoms with Gasteiger partial charge in [0, 0.05) is 12.1 Å². The van der Waals surface area contributed by atoms with Crippen LogP contribution in [0.2, 0.25) is 0 Å². The van der Waals surface area contributed by atoms with Gasteiger partial charge in [-0.05, 0) is 20.8 Å². The minimum atomic E-state index is -0.379. The Hall–Kier alpha value is -1.62. The number of hydrogen-bond acceptors (Lipinski definition) is 5. The average molecular weight is 238 g/mol. The SMILES string of the molecule is C=C(CNC(C)c1ncc(C)o1)C(=O)OCC. The standard InChI is InChI=1S/C12H18N2O3/c1-5-16-12(15)8(2)6-13-10(4)11-14-7-9(3)17-11/h7,10,13H,2,5-6H2,1,3-4H3. The summed E-state index contributed by atoms with van der Waals surface area (Å²) in [5.74, 6) is 0.979. The maximum absolute atomic E-state index is 11.3. The van der Waals surface area contributed by atoms with Gasteiger partial charge in [-0.3, -0.25) is 0 Å². The lowest BCUT2D eigenvalue weighted by Crippen LogP contribution is -2.24. The summed E-state index contributed by atoms with van der Waals surface area (Å²) in [6, 6.07) is -0.0742. The van der Waals surface area contributed by atoms with E-state index in [-0.39, 0.29) is 12.0 Å². The number of nitrogens with zero attached hydrogens (tertiary/aromatic N) is 1. The zero-order valence-corrected chi connectivity index (χ0v) is 10.4. The van der Waals surface area contributed by atoms with E-state index in [1.807, 2.05) is 13.8 Å². The van der Waals surface area contributed by atoms with Gasteiger partial charge >= 0.3 is 5.97 Å². The molecule has 1 atom stereocenters. The number of esters is 1. The molecule has 0 saturated heterocycles. The topological polar surface area (TPSA) is 64.4 Å². The Labute approximate surface area is 101 Å². The highest BCUT2D eigenvalue weighted by Crippen LogP contribution is 2.11. The van der Waals surface area contributed by atoms with Crippen molar-refractivity contribution in [3.05, 3.63) is 30.0 Å². The molecular weight excluding hydrogens is 220 g/mol. The molecule has 94 valence electrons. The third-order valence-electron chi connectivity index (χ3n) is 2.20. The van der Waals surface area contributed by atoms with Gasteiger partial charge in [0.15, 0.2) is 0 Å². The monoisotopic (exact) mass is 238 g/mol. The molecule has 0 aliphatic heterocycles. The van der Waals surface area contributed by atoms with Crippen molar-refractivity contribution in [1.29, 1.82) is 0 Å². The van der Waals surface area contributed by atoms with Crippen molar-refractivity contribution in [2.24, 2.45) is 0 Å². The predicted octanol–water partition coefficient (Wildman–Crippen LogP) is 1.75. The molecule has 1 aromatic heterocycles. The third kappa shape index (κ3) is 4.03. The molecule has 1 N–H and O–H groups in total. The molecule has 1 aromatic rings. The second kappa shape index (κ2) is 6.20. The van der Waals surface area contributed by atoms with Crippen LogP contribution in [-0.4, -0.2) is 24.1 Å². The predicted molar refractivity (Wildman–Crippen MR) is 63.4 cm³/mol. The first kappa shape index (κ1) is 13.4. The van der Waals surface area contributed by atoms with Crippen molar-refractivity contribution >= 4 is 5.97 Å². The lowest BCUT2D eigenvalue weighted by atomic mass is 10.2. The van der Waals surface area contributed by atoms with Crippen molar-refractivity contribution in [3.63, 3.8) is 0 Å². The average Bonchev–Trinajstić information content (AvgIpc) is 2.72. The zero-order chi connectivity index (χ0) is 12.8. The van der Waals surface area contributed by atoms with Crippen LogP contribution in [0.5, 0.6) is 0 Å². The second-order valence-electron chi connectivity index (χ2n) is 3.74. The first-order valence-corrected chi connectivity index (χ1v) is 5.55. The van der Waals surface area contributed by atoms with Crippen molar-refractivity contribution < 1.29 is 13.9 Å². The van der Waals surface area contributed by atoms with E-state index in [4.69, 9.17) is 9.15 Å². The molecule has 5 heteroatoms. The molecule has 0 aliphatic rings. The highest BCUT2D eigenvalue weighted by molar-refractivity contribution is 5.88. The number of carbonyl (C=O) groups is 1. The minimum absolute atomic E-state index is 0.0742.